The molecule has 0 N–H and O–H groups in total. The van der Waals surface area contributed by atoms with Crippen molar-refractivity contribution in [3.8, 4) is 0 Å². The fourth-order valence-electron chi connectivity index (χ4n) is 4.00. The highest BCUT2D eigenvalue weighted by Crippen LogP contribution is 2.52. The zero-order valence-corrected chi connectivity index (χ0v) is 14.5. The van der Waals surface area contributed by atoms with Gasteiger partial charge in [0.2, 0.25) is 0 Å². The van der Waals surface area contributed by atoms with E-state index in [1.165, 1.54) is 5.57 Å². The van der Waals surface area contributed by atoms with Crippen molar-refractivity contribution < 1.29 is 14.2 Å². The molecule has 2 aliphatic rings. The van der Waals surface area contributed by atoms with Crippen LogP contribution >= 0.6 is 0 Å². The smallest absolute Gasteiger partial charge is 0.0973 e. The molecule has 3 unspecified atom stereocenters. The van der Waals surface area contributed by atoms with Gasteiger partial charge in [-0.15, -0.1) is 0 Å². The molecule has 0 aromatic carbocycles. The molecule has 21 heavy (non-hydrogen) atoms. The summed E-state index contributed by atoms with van der Waals surface area (Å²) in [5.74, 6) is 1.62. The van der Waals surface area contributed by atoms with Crippen molar-refractivity contribution in [1.82, 2.24) is 0 Å². The maximum Gasteiger partial charge on any atom is 0.0973 e. The Kier molecular flexibility index (Phi) is 5.50. The van der Waals surface area contributed by atoms with Crippen LogP contribution in [0.1, 0.15) is 47.0 Å². The molecule has 0 aromatic heterocycles. The lowest BCUT2D eigenvalue weighted by Gasteiger charge is -2.44. The van der Waals surface area contributed by atoms with Crippen molar-refractivity contribution in [2.24, 2.45) is 17.8 Å². The monoisotopic (exact) mass is 296 g/mol. The van der Waals surface area contributed by atoms with Gasteiger partial charge in [0, 0.05) is 20.1 Å². The van der Waals surface area contributed by atoms with E-state index in [4.69, 9.17) is 14.2 Å². The molecule has 1 spiro atoms. The summed E-state index contributed by atoms with van der Waals surface area (Å²) in [4.78, 5) is 0. The molecule has 0 aromatic rings. The number of methoxy groups -OCH3 is 2. The highest BCUT2D eigenvalue weighted by molar-refractivity contribution is 5.09. The number of rotatable bonds is 6. The second kappa shape index (κ2) is 6.80. The van der Waals surface area contributed by atoms with E-state index >= 15 is 0 Å². The minimum absolute atomic E-state index is 0.0638. The largest absolute Gasteiger partial charge is 0.379 e. The molecular formula is C18H32O3. The van der Waals surface area contributed by atoms with Gasteiger partial charge in [0.25, 0.3) is 0 Å². The van der Waals surface area contributed by atoms with Crippen LogP contribution in [0.5, 0.6) is 0 Å². The molecule has 2 fully saturated rings. The second-order valence-corrected chi connectivity index (χ2v) is 7.25. The van der Waals surface area contributed by atoms with Crippen LogP contribution in [-0.4, -0.2) is 38.6 Å². The molecule has 1 aliphatic carbocycles. The van der Waals surface area contributed by atoms with Crippen molar-refractivity contribution >= 4 is 0 Å². The Bertz CT molecular complexity index is 369. The Morgan fingerprint density at radius 3 is 2.43 bits per heavy atom. The normalized spacial score (nSPS) is 38.1. The summed E-state index contributed by atoms with van der Waals surface area (Å²) in [6.45, 7) is 9.95. The molecule has 122 valence electrons. The van der Waals surface area contributed by atoms with Crippen molar-refractivity contribution in [3.05, 3.63) is 11.6 Å². The van der Waals surface area contributed by atoms with E-state index in [0.717, 1.165) is 25.9 Å². The number of ether oxygens (including phenoxy) is 3. The van der Waals surface area contributed by atoms with Crippen LogP contribution in [0.15, 0.2) is 11.6 Å². The number of hydrogen-bond donors (Lipinski definition) is 0. The van der Waals surface area contributed by atoms with Gasteiger partial charge in [-0.3, -0.25) is 0 Å². The molecule has 3 heteroatoms. The zero-order chi connectivity index (χ0) is 15.6. The van der Waals surface area contributed by atoms with E-state index in [1.807, 2.05) is 7.11 Å². The Hall–Kier alpha value is -0.380. The van der Waals surface area contributed by atoms with E-state index in [0.29, 0.717) is 17.8 Å². The Balaban J connectivity index is 2.14. The molecular weight excluding hydrogens is 264 g/mol. The SMILES string of the molecule is COC1CC[C@]2(CO2)C([C@H](C)[C@H](C)CC=C(C)C)C1OC. The van der Waals surface area contributed by atoms with Crippen molar-refractivity contribution in [2.75, 3.05) is 20.8 Å². The Labute approximate surface area is 130 Å². The summed E-state index contributed by atoms with van der Waals surface area (Å²) >= 11 is 0. The Morgan fingerprint density at radius 2 is 1.95 bits per heavy atom. The first-order valence-corrected chi connectivity index (χ1v) is 8.28. The van der Waals surface area contributed by atoms with Gasteiger partial charge >= 0.3 is 0 Å². The summed E-state index contributed by atoms with van der Waals surface area (Å²) in [7, 11) is 3.62. The quantitative estimate of drug-likeness (QED) is 0.551. The molecule has 1 saturated heterocycles. The molecule has 1 aliphatic heterocycles. The molecule has 1 saturated carbocycles. The van der Waals surface area contributed by atoms with Crippen LogP contribution in [0.4, 0.5) is 0 Å². The predicted octanol–water partition coefficient (Wildman–Crippen LogP) is 3.82. The van der Waals surface area contributed by atoms with Gasteiger partial charge in [0.15, 0.2) is 0 Å². The topological polar surface area (TPSA) is 31.0 Å². The molecule has 6 atom stereocenters. The maximum atomic E-state index is 5.92. The lowest BCUT2D eigenvalue weighted by Crippen LogP contribution is -2.52. The van der Waals surface area contributed by atoms with E-state index in [1.54, 1.807) is 7.11 Å². The van der Waals surface area contributed by atoms with E-state index in [-0.39, 0.29) is 17.8 Å². The summed E-state index contributed by atoms with van der Waals surface area (Å²) < 4.78 is 17.5. The van der Waals surface area contributed by atoms with Gasteiger partial charge in [-0.2, -0.15) is 0 Å². The lowest BCUT2D eigenvalue weighted by molar-refractivity contribution is -0.129. The first kappa shape index (κ1) is 17.0. The third kappa shape index (κ3) is 3.52. The molecule has 3 nitrogen and oxygen atoms in total. The van der Waals surface area contributed by atoms with Gasteiger partial charge in [-0.1, -0.05) is 25.5 Å². The highest BCUT2D eigenvalue weighted by Gasteiger charge is 2.60. The van der Waals surface area contributed by atoms with Gasteiger partial charge in [0.05, 0.1) is 24.4 Å². The second-order valence-electron chi connectivity index (χ2n) is 7.25. The summed E-state index contributed by atoms with van der Waals surface area (Å²) in [5, 5.41) is 0. The van der Waals surface area contributed by atoms with Crippen LogP contribution in [0, 0.1) is 17.8 Å². The fraction of sp³-hybridized carbons (Fsp3) is 0.889. The van der Waals surface area contributed by atoms with Crippen LogP contribution < -0.4 is 0 Å². The lowest BCUT2D eigenvalue weighted by atomic mass is 9.66. The summed E-state index contributed by atoms with van der Waals surface area (Å²) in [6, 6.07) is 0. The van der Waals surface area contributed by atoms with Gasteiger partial charge in [0.1, 0.15) is 0 Å². The highest BCUT2D eigenvalue weighted by atomic mass is 16.6. The third-order valence-electron chi connectivity index (χ3n) is 5.63. The van der Waals surface area contributed by atoms with Crippen LogP contribution in [0.3, 0.4) is 0 Å². The minimum atomic E-state index is 0.0638. The van der Waals surface area contributed by atoms with Crippen molar-refractivity contribution in [3.63, 3.8) is 0 Å². The maximum absolute atomic E-state index is 5.92. The van der Waals surface area contributed by atoms with E-state index in [2.05, 4.69) is 33.8 Å². The first-order chi connectivity index (χ1) is 9.95. The predicted molar refractivity (Wildman–Crippen MR) is 85.4 cm³/mol. The van der Waals surface area contributed by atoms with Crippen LogP contribution in [0.25, 0.3) is 0 Å². The summed E-state index contributed by atoms with van der Waals surface area (Å²) in [6.07, 6.45) is 5.98. The van der Waals surface area contributed by atoms with E-state index < -0.39 is 0 Å². The minimum Gasteiger partial charge on any atom is -0.379 e. The fourth-order valence-corrected chi connectivity index (χ4v) is 4.00. The number of allylic oxidation sites excluding steroid dienone is 2. The van der Waals surface area contributed by atoms with E-state index in [9.17, 15) is 0 Å². The molecule has 1 heterocycles. The van der Waals surface area contributed by atoms with Crippen molar-refractivity contribution in [2.45, 2.75) is 64.8 Å². The third-order valence-corrected chi connectivity index (χ3v) is 5.63. The molecule has 0 bridgehead atoms. The number of hydrogen-bond acceptors (Lipinski definition) is 3. The number of epoxide rings is 1. The van der Waals surface area contributed by atoms with Gasteiger partial charge in [-0.25, -0.2) is 0 Å². The summed E-state index contributed by atoms with van der Waals surface area (Å²) in [5.41, 5.74) is 1.46. The molecule has 0 radical (unpaired) electrons. The first-order valence-electron chi connectivity index (χ1n) is 8.28. The van der Waals surface area contributed by atoms with Crippen LogP contribution in [-0.2, 0) is 14.2 Å². The average Bonchev–Trinajstić information content (AvgIpc) is 3.23. The molecule has 2 rings (SSSR count). The Morgan fingerprint density at radius 1 is 1.29 bits per heavy atom. The standard InChI is InChI=1S/C18H32O3/c1-12(2)7-8-13(3)14(4)16-17(20-6)15(19-5)9-10-18(16)11-21-18/h7,13-17H,8-11H2,1-6H3/t13-,14-,15?,16?,17?,18+/m1/s1. The van der Waals surface area contributed by atoms with Gasteiger partial charge < -0.3 is 14.2 Å². The van der Waals surface area contributed by atoms with Gasteiger partial charge in [-0.05, 0) is 44.9 Å². The van der Waals surface area contributed by atoms with Crippen molar-refractivity contribution in [1.29, 1.82) is 0 Å². The van der Waals surface area contributed by atoms with Crippen LogP contribution in [0.2, 0.25) is 0 Å². The zero-order valence-electron chi connectivity index (χ0n) is 14.5. The molecule has 0 amide bonds. The average molecular weight is 296 g/mol.